The van der Waals surface area contributed by atoms with Crippen LogP contribution in [0.5, 0.6) is 0 Å². The summed E-state index contributed by atoms with van der Waals surface area (Å²) in [5.74, 6) is 0.714. The lowest BCUT2D eigenvalue weighted by atomic mass is 9.80. The van der Waals surface area contributed by atoms with Gasteiger partial charge in [0, 0.05) is 25.4 Å². The molecular formula is C18H19N3O. The lowest BCUT2D eigenvalue weighted by Gasteiger charge is -2.39. The van der Waals surface area contributed by atoms with E-state index < -0.39 is 5.60 Å². The standard InChI is InChI=1S/C18H19N3O/c22-18(9-8-14-5-1-2-6-15(14)13-18)16-7-3-12-21(16)17-19-10-4-11-20-17/h1-2,4-6,8-11,16,22H,3,7,12-13H2. The van der Waals surface area contributed by atoms with Crippen molar-refractivity contribution < 1.29 is 5.11 Å². The van der Waals surface area contributed by atoms with Crippen molar-refractivity contribution in [3.8, 4) is 0 Å². The van der Waals surface area contributed by atoms with E-state index in [2.05, 4.69) is 27.0 Å². The van der Waals surface area contributed by atoms with Gasteiger partial charge in [0.2, 0.25) is 5.95 Å². The number of hydrogen-bond donors (Lipinski definition) is 1. The average Bonchev–Trinajstić information content (AvgIpc) is 3.06. The molecule has 1 aromatic heterocycles. The molecule has 0 saturated carbocycles. The van der Waals surface area contributed by atoms with Gasteiger partial charge in [-0.1, -0.05) is 36.4 Å². The van der Waals surface area contributed by atoms with E-state index in [1.54, 1.807) is 12.4 Å². The van der Waals surface area contributed by atoms with Gasteiger partial charge in [0.25, 0.3) is 0 Å². The Morgan fingerprint density at radius 1 is 1.14 bits per heavy atom. The Morgan fingerprint density at radius 3 is 2.82 bits per heavy atom. The molecule has 4 rings (SSSR count). The summed E-state index contributed by atoms with van der Waals surface area (Å²) >= 11 is 0. The summed E-state index contributed by atoms with van der Waals surface area (Å²) in [6, 6.07) is 10.1. The number of rotatable bonds is 2. The van der Waals surface area contributed by atoms with Gasteiger partial charge in [-0.25, -0.2) is 9.97 Å². The molecule has 1 fully saturated rings. The maximum absolute atomic E-state index is 11.3. The molecule has 0 amide bonds. The van der Waals surface area contributed by atoms with Crippen molar-refractivity contribution in [2.24, 2.45) is 0 Å². The van der Waals surface area contributed by atoms with Gasteiger partial charge in [-0.15, -0.1) is 0 Å². The van der Waals surface area contributed by atoms with Crippen molar-refractivity contribution in [3.63, 3.8) is 0 Å². The number of anilines is 1. The first kappa shape index (κ1) is 13.5. The summed E-state index contributed by atoms with van der Waals surface area (Å²) < 4.78 is 0. The normalized spacial score (nSPS) is 27.0. The SMILES string of the molecule is OC1(C2CCCN2c2ncccn2)C=Cc2ccccc2C1. The Morgan fingerprint density at radius 2 is 1.95 bits per heavy atom. The number of hydrogen-bond acceptors (Lipinski definition) is 4. The number of aliphatic hydroxyl groups is 1. The van der Waals surface area contributed by atoms with Gasteiger partial charge < -0.3 is 10.0 Å². The second kappa shape index (κ2) is 5.21. The van der Waals surface area contributed by atoms with Crippen LogP contribution in [0.4, 0.5) is 5.95 Å². The van der Waals surface area contributed by atoms with Gasteiger partial charge in [-0.05, 0) is 30.0 Å². The zero-order chi connectivity index (χ0) is 15.0. The molecule has 4 nitrogen and oxygen atoms in total. The minimum Gasteiger partial charge on any atom is -0.383 e. The van der Waals surface area contributed by atoms with E-state index in [1.807, 2.05) is 30.4 Å². The molecule has 1 saturated heterocycles. The number of benzene rings is 1. The smallest absolute Gasteiger partial charge is 0.225 e. The Hall–Kier alpha value is -2.20. The Labute approximate surface area is 130 Å². The van der Waals surface area contributed by atoms with Crippen LogP contribution in [-0.2, 0) is 6.42 Å². The highest BCUT2D eigenvalue weighted by Gasteiger charge is 2.43. The third-order valence-corrected chi connectivity index (χ3v) is 4.72. The molecule has 1 N–H and O–H groups in total. The summed E-state index contributed by atoms with van der Waals surface area (Å²) in [7, 11) is 0. The minimum atomic E-state index is -0.857. The number of nitrogens with zero attached hydrogens (tertiary/aromatic N) is 3. The third-order valence-electron chi connectivity index (χ3n) is 4.72. The second-order valence-electron chi connectivity index (χ2n) is 6.10. The number of aromatic nitrogens is 2. The Bertz CT molecular complexity index is 700. The van der Waals surface area contributed by atoms with Crippen LogP contribution in [0.15, 0.2) is 48.8 Å². The van der Waals surface area contributed by atoms with E-state index in [0.717, 1.165) is 19.4 Å². The van der Waals surface area contributed by atoms with E-state index in [-0.39, 0.29) is 6.04 Å². The second-order valence-corrected chi connectivity index (χ2v) is 6.10. The van der Waals surface area contributed by atoms with Gasteiger partial charge in [0.15, 0.2) is 0 Å². The summed E-state index contributed by atoms with van der Waals surface area (Å²) in [4.78, 5) is 10.9. The van der Waals surface area contributed by atoms with Crippen LogP contribution in [-0.4, -0.2) is 33.3 Å². The van der Waals surface area contributed by atoms with Crippen LogP contribution < -0.4 is 4.90 Å². The van der Waals surface area contributed by atoms with Crippen LogP contribution in [0.2, 0.25) is 0 Å². The molecule has 1 aromatic carbocycles. The van der Waals surface area contributed by atoms with Gasteiger partial charge in [0.05, 0.1) is 6.04 Å². The fraction of sp³-hybridized carbons (Fsp3) is 0.333. The molecule has 112 valence electrons. The largest absolute Gasteiger partial charge is 0.383 e. The lowest BCUT2D eigenvalue weighted by Crippen LogP contribution is -2.51. The topological polar surface area (TPSA) is 49.2 Å². The average molecular weight is 293 g/mol. The molecule has 4 heteroatoms. The summed E-state index contributed by atoms with van der Waals surface area (Å²) in [6.45, 7) is 0.895. The van der Waals surface area contributed by atoms with Crippen molar-refractivity contribution in [2.75, 3.05) is 11.4 Å². The zero-order valence-electron chi connectivity index (χ0n) is 12.4. The van der Waals surface area contributed by atoms with Gasteiger partial charge in [-0.2, -0.15) is 0 Å². The van der Waals surface area contributed by atoms with E-state index in [0.29, 0.717) is 12.4 Å². The molecule has 1 aliphatic heterocycles. The molecule has 2 unspecified atom stereocenters. The van der Waals surface area contributed by atoms with Crippen LogP contribution in [0.3, 0.4) is 0 Å². The van der Waals surface area contributed by atoms with Crippen molar-refractivity contribution in [2.45, 2.75) is 30.9 Å². The monoisotopic (exact) mass is 293 g/mol. The van der Waals surface area contributed by atoms with Crippen molar-refractivity contribution in [1.82, 2.24) is 9.97 Å². The molecule has 0 radical (unpaired) electrons. The predicted molar refractivity (Wildman–Crippen MR) is 86.5 cm³/mol. The molecule has 22 heavy (non-hydrogen) atoms. The van der Waals surface area contributed by atoms with Crippen LogP contribution in [0, 0.1) is 0 Å². The van der Waals surface area contributed by atoms with E-state index >= 15 is 0 Å². The first-order valence-electron chi connectivity index (χ1n) is 7.79. The van der Waals surface area contributed by atoms with Gasteiger partial charge >= 0.3 is 0 Å². The summed E-state index contributed by atoms with van der Waals surface area (Å²) in [5.41, 5.74) is 1.55. The quantitative estimate of drug-likeness (QED) is 0.924. The molecule has 2 atom stereocenters. The maximum Gasteiger partial charge on any atom is 0.225 e. The highest BCUT2D eigenvalue weighted by Crippen LogP contribution is 2.36. The predicted octanol–water partition coefficient (Wildman–Crippen LogP) is 2.45. The van der Waals surface area contributed by atoms with E-state index in [9.17, 15) is 5.11 Å². The minimum absolute atomic E-state index is 0.0273. The van der Waals surface area contributed by atoms with Crippen molar-refractivity contribution >= 4 is 12.0 Å². The molecule has 1 aliphatic carbocycles. The Kier molecular flexibility index (Phi) is 3.19. The third kappa shape index (κ3) is 2.20. The van der Waals surface area contributed by atoms with Crippen LogP contribution >= 0.6 is 0 Å². The maximum atomic E-state index is 11.3. The molecule has 0 bridgehead atoms. The molecule has 2 aliphatic rings. The molecule has 2 aromatic rings. The fourth-order valence-corrected chi connectivity index (χ4v) is 3.65. The van der Waals surface area contributed by atoms with Gasteiger partial charge in [-0.3, -0.25) is 0 Å². The van der Waals surface area contributed by atoms with Crippen molar-refractivity contribution in [3.05, 3.63) is 59.9 Å². The summed E-state index contributed by atoms with van der Waals surface area (Å²) in [6.07, 6.45) is 10.2. The first-order valence-corrected chi connectivity index (χ1v) is 7.79. The van der Waals surface area contributed by atoms with Crippen molar-refractivity contribution in [1.29, 1.82) is 0 Å². The van der Waals surface area contributed by atoms with Crippen LogP contribution in [0.1, 0.15) is 24.0 Å². The first-order chi connectivity index (χ1) is 10.8. The van der Waals surface area contributed by atoms with Crippen LogP contribution in [0.25, 0.3) is 6.08 Å². The molecular weight excluding hydrogens is 274 g/mol. The highest BCUT2D eigenvalue weighted by atomic mass is 16.3. The zero-order valence-corrected chi connectivity index (χ0v) is 12.4. The highest BCUT2D eigenvalue weighted by molar-refractivity contribution is 5.59. The Balaban J connectivity index is 1.67. The summed E-state index contributed by atoms with van der Waals surface area (Å²) in [5, 5.41) is 11.3. The molecule has 0 spiro atoms. The van der Waals surface area contributed by atoms with E-state index in [4.69, 9.17) is 0 Å². The van der Waals surface area contributed by atoms with Gasteiger partial charge in [0.1, 0.15) is 5.60 Å². The van der Waals surface area contributed by atoms with E-state index in [1.165, 1.54) is 11.1 Å². The molecule has 2 heterocycles. The number of fused-ring (bicyclic) bond motifs is 1. The fourth-order valence-electron chi connectivity index (χ4n) is 3.65. The lowest BCUT2D eigenvalue weighted by molar-refractivity contribution is 0.0633.